The minimum Gasteiger partial charge on any atom is -0.355 e. The van der Waals surface area contributed by atoms with Gasteiger partial charge in [-0.15, -0.1) is 0 Å². The molecule has 0 aliphatic heterocycles. The van der Waals surface area contributed by atoms with Gasteiger partial charge in [0.05, 0.1) is 11.6 Å². The van der Waals surface area contributed by atoms with Crippen LogP contribution >= 0.6 is 0 Å². The zero-order valence-electron chi connectivity index (χ0n) is 17.1. The average molecular weight is 415 g/mol. The molecular formula is C25H22FN3O2. The lowest BCUT2D eigenvalue weighted by atomic mass is 9.87. The standard InChI is InChI=1S/C25H22FN3O2/c1-28-24(30)21-4-2-3-20(15-21)23(18-9-11-22(26)12-10-18)13-14-29-25(31)19-7-5-17(16-27)6-8-19/h2-12,15,23H,13-14H2,1H3,(H,28,30)(H,29,31). The largest absolute Gasteiger partial charge is 0.355 e. The molecule has 156 valence electrons. The molecule has 0 spiro atoms. The van der Waals surface area contributed by atoms with E-state index in [1.54, 1.807) is 49.5 Å². The number of halogens is 1. The van der Waals surface area contributed by atoms with E-state index < -0.39 is 0 Å². The van der Waals surface area contributed by atoms with Crippen molar-refractivity contribution in [2.75, 3.05) is 13.6 Å². The Morgan fingerprint density at radius 1 is 0.935 bits per heavy atom. The Bertz CT molecular complexity index is 1100. The molecule has 0 aromatic heterocycles. The number of carbonyl (C=O) groups is 2. The van der Waals surface area contributed by atoms with Crippen LogP contribution in [0.15, 0.2) is 72.8 Å². The molecule has 0 aliphatic carbocycles. The molecule has 3 aromatic rings. The first-order valence-corrected chi connectivity index (χ1v) is 9.87. The van der Waals surface area contributed by atoms with Crippen LogP contribution in [0.3, 0.4) is 0 Å². The van der Waals surface area contributed by atoms with Crippen molar-refractivity contribution in [1.29, 1.82) is 5.26 Å². The van der Waals surface area contributed by atoms with Crippen molar-refractivity contribution in [2.24, 2.45) is 0 Å². The monoisotopic (exact) mass is 415 g/mol. The van der Waals surface area contributed by atoms with Gasteiger partial charge in [-0.25, -0.2) is 4.39 Å². The van der Waals surface area contributed by atoms with Gasteiger partial charge in [0.15, 0.2) is 0 Å². The predicted molar refractivity (Wildman–Crippen MR) is 116 cm³/mol. The second kappa shape index (κ2) is 10.2. The summed E-state index contributed by atoms with van der Waals surface area (Å²) in [7, 11) is 1.57. The third-order valence-corrected chi connectivity index (χ3v) is 5.05. The van der Waals surface area contributed by atoms with Crippen molar-refractivity contribution in [1.82, 2.24) is 10.6 Å². The number of rotatable bonds is 7. The molecule has 1 unspecified atom stereocenters. The quantitative estimate of drug-likeness (QED) is 0.612. The second-order valence-corrected chi connectivity index (χ2v) is 7.04. The van der Waals surface area contributed by atoms with Crippen molar-refractivity contribution >= 4 is 11.8 Å². The van der Waals surface area contributed by atoms with Crippen LogP contribution in [0, 0.1) is 17.1 Å². The molecule has 31 heavy (non-hydrogen) atoms. The second-order valence-electron chi connectivity index (χ2n) is 7.04. The number of benzene rings is 3. The van der Waals surface area contributed by atoms with Crippen molar-refractivity contribution in [3.63, 3.8) is 0 Å². The number of nitriles is 1. The average Bonchev–Trinajstić information content (AvgIpc) is 2.82. The molecule has 0 radical (unpaired) electrons. The van der Waals surface area contributed by atoms with Gasteiger partial charge in [0.25, 0.3) is 11.8 Å². The van der Waals surface area contributed by atoms with Crippen molar-refractivity contribution < 1.29 is 14.0 Å². The Morgan fingerprint density at radius 2 is 1.65 bits per heavy atom. The van der Waals surface area contributed by atoms with E-state index in [1.165, 1.54) is 12.1 Å². The third kappa shape index (κ3) is 5.55. The molecule has 0 saturated carbocycles. The summed E-state index contributed by atoms with van der Waals surface area (Å²) in [6, 6.07) is 22.0. The van der Waals surface area contributed by atoms with Crippen LogP contribution in [0.2, 0.25) is 0 Å². The number of hydrogen-bond acceptors (Lipinski definition) is 3. The molecule has 1 atom stereocenters. The van der Waals surface area contributed by atoms with Crippen molar-refractivity contribution in [2.45, 2.75) is 12.3 Å². The molecule has 5 nitrogen and oxygen atoms in total. The fraction of sp³-hybridized carbons (Fsp3) is 0.160. The highest BCUT2D eigenvalue weighted by Gasteiger charge is 2.17. The number of amides is 2. The van der Waals surface area contributed by atoms with E-state index in [9.17, 15) is 14.0 Å². The van der Waals surface area contributed by atoms with Crippen LogP contribution < -0.4 is 10.6 Å². The van der Waals surface area contributed by atoms with Gasteiger partial charge >= 0.3 is 0 Å². The van der Waals surface area contributed by atoms with Gasteiger partial charge in [-0.1, -0.05) is 24.3 Å². The summed E-state index contributed by atoms with van der Waals surface area (Å²) in [4.78, 5) is 24.5. The zero-order chi connectivity index (χ0) is 22.2. The van der Waals surface area contributed by atoms with E-state index >= 15 is 0 Å². The van der Waals surface area contributed by atoms with Gasteiger partial charge < -0.3 is 10.6 Å². The summed E-state index contributed by atoms with van der Waals surface area (Å²) in [5, 5.41) is 14.4. The van der Waals surface area contributed by atoms with Crippen LogP contribution in [-0.4, -0.2) is 25.4 Å². The highest BCUT2D eigenvalue weighted by Crippen LogP contribution is 2.28. The predicted octanol–water partition coefficient (Wildman–Crippen LogP) is 4.01. The van der Waals surface area contributed by atoms with E-state index in [2.05, 4.69) is 10.6 Å². The molecule has 3 aromatic carbocycles. The van der Waals surface area contributed by atoms with E-state index in [0.717, 1.165) is 11.1 Å². The lowest BCUT2D eigenvalue weighted by molar-refractivity contribution is 0.0949. The van der Waals surface area contributed by atoms with Gasteiger partial charge in [-0.2, -0.15) is 5.26 Å². The number of hydrogen-bond donors (Lipinski definition) is 2. The Morgan fingerprint density at radius 3 is 2.29 bits per heavy atom. The van der Waals surface area contributed by atoms with Crippen molar-refractivity contribution in [3.8, 4) is 6.07 Å². The molecular weight excluding hydrogens is 393 g/mol. The maximum atomic E-state index is 13.4. The van der Waals surface area contributed by atoms with Crippen LogP contribution in [0.25, 0.3) is 0 Å². The third-order valence-electron chi connectivity index (χ3n) is 5.05. The molecule has 2 N–H and O–H groups in total. The van der Waals surface area contributed by atoms with Gasteiger partial charge in [-0.05, 0) is 66.1 Å². The van der Waals surface area contributed by atoms with E-state index in [-0.39, 0.29) is 23.5 Å². The summed E-state index contributed by atoms with van der Waals surface area (Å²) in [6.07, 6.45) is 0.560. The van der Waals surface area contributed by atoms with Gasteiger partial charge in [0.2, 0.25) is 0 Å². The SMILES string of the molecule is CNC(=O)c1cccc(C(CCNC(=O)c2ccc(C#N)cc2)c2ccc(F)cc2)c1. The Kier molecular flexibility index (Phi) is 7.13. The number of nitrogens with one attached hydrogen (secondary N) is 2. The molecule has 0 bridgehead atoms. The van der Waals surface area contributed by atoms with E-state index in [4.69, 9.17) is 5.26 Å². The van der Waals surface area contributed by atoms with Gasteiger partial charge in [0, 0.05) is 30.6 Å². The lowest BCUT2D eigenvalue weighted by Gasteiger charge is -2.19. The van der Waals surface area contributed by atoms with Crippen LogP contribution in [0.4, 0.5) is 4.39 Å². The molecule has 3 rings (SSSR count). The van der Waals surface area contributed by atoms with E-state index in [0.29, 0.717) is 29.7 Å². The molecule has 0 fully saturated rings. The highest BCUT2D eigenvalue weighted by molar-refractivity contribution is 5.94. The Hall–Kier alpha value is -3.98. The topological polar surface area (TPSA) is 82.0 Å². The Balaban J connectivity index is 1.77. The minimum atomic E-state index is -0.323. The summed E-state index contributed by atoms with van der Waals surface area (Å²) in [5.74, 6) is -0.877. The first-order chi connectivity index (χ1) is 15.0. The molecule has 0 heterocycles. The van der Waals surface area contributed by atoms with E-state index in [1.807, 2.05) is 24.3 Å². The first kappa shape index (κ1) is 21.7. The fourth-order valence-electron chi connectivity index (χ4n) is 3.39. The summed E-state index contributed by atoms with van der Waals surface area (Å²) < 4.78 is 13.4. The molecule has 0 aliphatic rings. The normalized spacial score (nSPS) is 11.3. The van der Waals surface area contributed by atoms with Crippen LogP contribution in [-0.2, 0) is 0 Å². The molecule has 0 saturated heterocycles. The fourth-order valence-corrected chi connectivity index (χ4v) is 3.39. The Labute approximate surface area is 180 Å². The first-order valence-electron chi connectivity index (χ1n) is 9.87. The molecule has 6 heteroatoms. The summed E-state index contributed by atoms with van der Waals surface area (Å²) in [6.45, 7) is 0.380. The maximum Gasteiger partial charge on any atom is 0.251 e. The lowest BCUT2D eigenvalue weighted by Crippen LogP contribution is -2.26. The van der Waals surface area contributed by atoms with Crippen molar-refractivity contribution in [3.05, 3.63) is 106 Å². The van der Waals surface area contributed by atoms with Crippen LogP contribution in [0.1, 0.15) is 49.7 Å². The number of carbonyl (C=O) groups excluding carboxylic acids is 2. The molecule has 2 amide bonds. The summed E-state index contributed by atoms with van der Waals surface area (Å²) >= 11 is 0. The van der Waals surface area contributed by atoms with Gasteiger partial charge in [-0.3, -0.25) is 9.59 Å². The highest BCUT2D eigenvalue weighted by atomic mass is 19.1. The zero-order valence-corrected chi connectivity index (χ0v) is 17.1. The summed E-state index contributed by atoms with van der Waals surface area (Å²) in [5.41, 5.74) is 3.29. The maximum absolute atomic E-state index is 13.4. The number of nitrogens with zero attached hydrogens (tertiary/aromatic N) is 1. The minimum absolute atomic E-state index is 0.133. The smallest absolute Gasteiger partial charge is 0.251 e. The van der Waals surface area contributed by atoms with Crippen LogP contribution in [0.5, 0.6) is 0 Å². The van der Waals surface area contributed by atoms with Gasteiger partial charge in [0.1, 0.15) is 5.82 Å².